The Kier molecular flexibility index (Phi) is 2.50. The SMILES string of the molecule is CC(c1ccco1)n1c(N)nc2ccc(C#N)cc21. The fraction of sp³-hybridized carbons (Fsp3) is 0.143. The van der Waals surface area contributed by atoms with E-state index in [4.69, 9.17) is 15.4 Å². The number of nitrogens with zero attached hydrogens (tertiary/aromatic N) is 3. The quantitative estimate of drug-likeness (QED) is 0.760. The van der Waals surface area contributed by atoms with Crippen molar-refractivity contribution in [2.45, 2.75) is 13.0 Å². The summed E-state index contributed by atoms with van der Waals surface area (Å²) in [5.74, 6) is 1.21. The number of imidazole rings is 1. The molecule has 2 heterocycles. The minimum atomic E-state index is -0.0751. The van der Waals surface area contributed by atoms with Crippen LogP contribution in [0.15, 0.2) is 41.0 Å². The normalized spacial score (nSPS) is 12.4. The van der Waals surface area contributed by atoms with E-state index in [9.17, 15) is 0 Å². The predicted octanol–water partition coefficient (Wildman–Crippen LogP) is 2.69. The van der Waals surface area contributed by atoms with E-state index < -0.39 is 0 Å². The molecule has 0 bridgehead atoms. The number of nitrogens with two attached hydrogens (primary N) is 1. The molecule has 0 saturated heterocycles. The van der Waals surface area contributed by atoms with Gasteiger partial charge in [0.2, 0.25) is 5.95 Å². The minimum Gasteiger partial charge on any atom is -0.467 e. The average Bonchev–Trinajstić information content (AvgIpc) is 3.03. The molecule has 1 unspecified atom stereocenters. The van der Waals surface area contributed by atoms with Gasteiger partial charge in [-0.2, -0.15) is 5.26 Å². The van der Waals surface area contributed by atoms with E-state index in [2.05, 4.69) is 11.1 Å². The Bertz CT molecular complexity index is 765. The van der Waals surface area contributed by atoms with Crippen LogP contribution in [-0.4, -0.2) is 9.55 Å². The largest absolute Gasteiger partial charge is 0.467 e. The zero-order valence-electron chi connectivity index (χ0n) is 10.4. The van der Waals surface area contributed by atoms with Gasteiger partial charge in [0.05, 0.1) is 35.0 Å². The lowest BCUT2D eigenvalue weighted by Gasteiger charge is -2.13. The average molecular weight is 252 g/mol. The molecule has 3 rings (SSSR count). The number of nitrogen functional groups attached to an aromatic ring is 1. The standard InChI is InChI=1S/C14H12N4O/c1-9(13-3-2-6-19-13)18-12-7-10(8-15)4-5-11(12)17-14(18)16/h2-7,9H,1H3,(H2,16,17). The molecule has 0 spiro atoms. The molecular formula is C14H12N4O. The van der Waals surface area contributed by atoms with E-state index in [1.807, 2.05) is 23.6 Å². The molecule has 0 amide bonds. The summed E-state index contributed by atoms with van der Waals surface area (Å²) in [5, 5.41) is 8.99. The highest BCUT2D eigenvalue weighted by Crippen LogP contribution is 2.27. The highest BCUT2D eigenvalue weighted by Gasteiger charge is 2.17. The van der Waals surface area contributed by atoms with Crippen LogP contribution in [-0.2, 0) is 0 Å². The van der Waals surface area contributed by atoms with E-state index >= 15 is 0 Å². The number of benzene rings is 1. The van der Waals surface area contributed by atoms with E-state index in [1.165, 1.54) is 0 Å². The molecule has 1 aromatic carbocycles. The summed E-state index contributed by atoms with van der Waals surface area (Å²) in [4.78, 5) is 4.31. The molecule has 2 aromatic heterocycles. The summed E-state index contributed by atoms with van der Waals surface area (Å²) in [6, 6.07) is 11.1. The number of fused-ring (bicyclic) bond motifs is 1. The first kappa shape index (κ1) is 11.4. The van der Waals surface area contributed by atoms with Gasteiger partial charge >= 0.3 is 0 Å². The zero-order valence-corrected chi connectivity index (χ0v) is 10.4. The van der Waals surface area contributed by atoms with Crippen molar-refractivity contribution >= 4 is 17.0 Å². The number of aromatic nitrogens is 2. The molecule has 0 aliphatic rings. The number of hydrogen-bond donors (Lipinski definition) is 1. The molecule has 5 nitrogen and oxygen atoms in total. The molecule has 0 aliphatic heterocycles. The predicted molar refractivity (Wildman–Crippen MR) is 71.4 cm³/mol. The second-order valence-electron chi connectivity index (χ2n) is 4.35. The maximum atomic E-state index is 8.99. The Morgan fingerprint density at radius 1 is 1.42 bits per heavy atom. The third-order valence-corrected chi connectivity index (χ3v) is 3.19. The Balaban J connectivity index is 2.22. The smallest absolute Gasteiger partial charge is 0.201 e. The molecular weight excluding hydrogens is 240 g/mol. The lowest BCUT2D eigenvalue weighted by Crippen LogP contribution is -2.09. The first-order valence-corrected chi connectivity index (χ1v) is 5.91. The second kappa shape index (κ2) is 4.18. The Hall–Kier alpha value is -2.74. The van der Waals surface area contributed by atoms with Gasteiger partial charge in [0, 0.05) is 0 Å². The van der Waals surface area contributed by atoms with Gasteiger partial charge in [-0.15, -0.1) is 0 Å². The van der Waals surface area contributed by atoms with Gasteiger partial charge in [-0.05, 0) is 37.3 Å². The highest BCUT2D eigenvalue weighted by molar-refractivity contribution is 5.80. The molecule has 5 heteroatoms. The fourth-order valence-corrected chi connectivity index (χ4v) is 2.24. The summed E-state index contributed by atoms with van der Waals surface area (Å²) < 4.78 is 7.28. The number of hydrogen-bond acceptors (Lipinski definition) is 4. The fourth-order valence-electron chi connectivity index (χ4n) is 2.24. The first-order valence-electron chi connectivity index (χ1n) is 5.91. The number of furan rings is 1. The molecule has 0 radical (unpaired) electrons. The highest BCUT2D eigenvalue weighted by atomic mass is 16.3. The van der Waals surface area contributed by atoms with E-state index in [0.717, 1.165) is 16.8 Å². The summed E-state index contributed by atoms with van der Waals surface area (Å²) >= 11 is 0. The Morgan fingerprint density at radius 3 is 2.95 bits per heavy atom. The van der Waals surface area contributed by atoms with Crippen LogP contribution in [0, 0.1) is 11.3 Å². The van der Waals surface area contributed by atoms with Gasteiger partial charge in [-0.25, -0.2) is 4.98 Å². The van der Waals surface area contributed by atoms with Gasteiger partial charge in [0.25, 0.3) is 0 Å². The van der Waals surface area contributed by atoms with Crippen molar-refractivity contribution in [3.8, 4) is 6.07 Å². The van der Waals surface area contributed by atoms with Crippen molar-refractivity contribution in [3.05, 3.63) is 47.9 Å². The molecule has 1 atom stereocenters. The van der Waals surface area contributed by atoms with Crippen molar-refractivity contribution in [2.24, 2.45) is 0 Å². The molecule has 3 aromatic rings. The topological polar surface area (TPSA) is 80.8 Å². The molecule has 2 N–H and O–H groups in total. The lowest BCUT2D eigenvalue weighted by molar-refractivity contribution is 0.453. The number of anilines is 1. The van der Waals surface area contributed by atoms with Gasteiger partial charge in [0.15, 0.2) is 0 Å². The van der Waals surface area contributed by atoms with Crippen LogP contribution in [0.25, 0.3) is 11.0 Å². The minimum absolute atomic E-state index is 0.0751. The summed E-state index contributed by atoms with van der Waals surface area (Å²) in [6.45, 7) is 1.98. The number of rotatable bonds is 2. The van der Waals surface area contributed by atoms with Crippen LogP contribution in [0.2, 0.25) is 0 Å². The third kappa shape index (κ3) is 1.74. The number of nitriles is 1. The summed E-state index contributed by atoms with van der Waals surface area (Å²) in [7, 11) is 0. The van der Waals surface area contributed by atoms with Crippen LogP contribution in [0.3, 0.4) is 0 Å². The van der Waals surface area contributed by atoms with E-state index in [0.29, 0.717) is 11.5 Å². The van der Waals surface area contributed by atoms with Crippen molar-refractivity contribution in [1.29, 1.82) is 5.26 Å². The third-order valence-electron chi connectivity index (χ3n) is 3.19. The van der Waals surface area contributed by atoms with Crippen LogP contribution < -0.4 is 5.73 Å². The molecule has 19 heavy (non-hydrogen) atoms. The van der Waals surface area contributed by atoms with Gasteiger partial charge in [-0.3, -0.25) is 4.57 Å². The maximum Gasteiger partial charge on any atom is 0.201 e. The summed E-state index contributed by atoms with van der Waals surface area (Å²) in [5.41, 5.74) is 8.17. The van der Waals surface area contributed by atoms with E-state index in [-0.39, 0.29) is 6.04 Å². The van der Waals surface area contributed by atoms with Crippen molar-refractivity contribution in [3.63, 3.8) is 0 Å². The van der Waals surface area contributed by atoms with Crippen molar-refractivity contribution in [1.82, 2.24) is 9.55 Å². The zero-order chi connectivity index (χ0) is 13.4. The van der Waals surface area contributed by atoms with Crippen LogP contribution in [0.5, 0.6) is 0 Å². The Labute approximate surface area is 109 Å². The lowest BCUT2D eigenvalue weighted by atomic mass is 10.2. The monoisotopic (exact) mass is 252 g/mol. The van der Waals surface area contributed by atoms with E-state index in [1.54, 1.807) is 24.5 Å². The Morgan fingerprint density at radius 2 is 2.26 bits per heavy atom. The van der Waals surface area contributed by atoms with Gasteiger partial charge in [0.1, 0.15) is 5.76 Å². The molecule has 0 aliphatic carbocycles. The van der Waals surface area contributed by atoms with Crippen LogP contribution in [0.1, 0.15) is 24.3 Å². The molecule has 94 valence electrons. The maximum absolute atomic E-state index is 8.99. The van der Waals surface area contributed by atoms with Gasteiger partial charge in [-0.1, -0.05) is 0 Å². The molecule has 0 saturated carbocycles. The second-order valence-corrected chi connectivity index (χ2v) is 4.35. The van der Waals surface area contributed by atoms with Crippen LogP contribution >= 0.6 is 0 Å². The van der Waals surface area contributed by atoms with Crippen molar-refractivity contribution < 1.29 is 4.42 Å². The van der Waals surface area contributed by atoms with Crippen LogP contribution in [0.4, 0.5) is 5.95 Å². The van der Waals surface area contributed by atoms with Crippen molar-refractivity contribution in [2.75, 3.05) is 5.73 Å². The first-order chi connectivity index (χ1) is 9.20. The molecule has 0 fully saturated rings. The summed E-state index contributed by atoms with van der Waals surface area (Å²) in [6.07, 6.45) is 1.63. The van der Waals surface area contributed by atoms with Gasteiger partial charge < -0.3 is 10.2 Å².